The van der Waals surface area contributed by atoms with Crippen LogP contribution in [-0.4, -0.2) is 25.5 Å². The fourth-order valence-corrected chi connectivity index (χ4v) is 3.44. The van der Waals surface area contributed by atoms with E-state index in [0.717, 1.165) is 19.3 Å². The van der Waals surface area contributed by atoms with Gasteiger partial charge < -0.3 is 15.8 Å². The van der Waals surface area contributed by atoms with Crippen molar-refractivity contribution in [2.45, 2.75) is 25.2 Å². The Morgan fingerprint density at radius 1 is 1.24 bits per heavy atom. The Labute approximate surface area is 147 Å². The van der Waals surface area contributed by atoms with Crippen molar-refractivity contribution in [1.82, 2.24) is 5.32 Å². The monoisotopic (exact) mass is 338 g/mol. The molecule has 0 bridgehead atoms. The molecule has 25 heavy (non-hydrogen) atoms. The predicted molar refractivity (Wildman–Crippen MR) is 96.0 cm³/mol. The lowest BCUT2D eigenvalue weighted by Crippen LogP contribution is -2.26. The summed E-state index contributed by atoms with van der Waals surface area (Å²) in [7, 11) is 1.49. The van der Waals surface area contributed by atoms with E-state index in [-0.39, 0.29) is 11.5 Å². The van der Waals surface area contributed by atoms with E-state index in [4.69, 9.17) is 10.5 Å². The van der Waals surface area contributed by atoms with Gasteiger partial charge in [-0.3, -0.25) is 9.59 Å². The van der Waals surface area contributed by atoms with Crippen LogP contribution in [0.3, 0.4) is 0 Å². The maximum atomic E-state index is 12.5. The van der Waals surface area contributed by atoms with Crippen molar-refractivity contribution in [3.05, 3.63) is 64.7 Å². The SMILES string of the molecule is COc1ccc(C(N)=O)cc1C(=O)NCCC1CCc2ccccc21. The molecule has 2 aromatic rings. The van der Waals surface area contributed by atoms with Gasteiger partial charge in [0.2, 0.25) is 5.91 Å². The number of primary amides is 1. The molecule has 130 valence electrons. The minimum Gasteiger partial charge on any atom is -0.496 e. The molecule has 0 saturated heterocycles. The highest BCUT2D eigenvalue weighted by molar-refractivity contribution is 6.01. The van der Waals surface area contributed by atoms with Gasteiger partial charge >= 0.3 is 0 Å². The molecule has 2 amide bonds. The molecule has 0 spiro atoms. The summed E-state index contributed by atoms with van der Waals surface area (Å²) in [5.74, 6) is 0.0783. The first-order valence-electron chi connectivity index (χ1n) is 8.44. The summed E-state index contributed by atoms with van der Waals surface area (Å²) in [4.78, 5) is 23.8. The highest BCUT2D eigenvalue weighted by Crippen LogP contribution is 2.34. The normalized spacial score (nSPS) is 15.5. The van der Waals surface area contributed by atoms with E-state index < -0.39 is 5.91 Å². The Hall–Kier alpha value is -2.82. The number of hydrogen-bond donors (Lipinski definition) is 2. The van der Waals surface area contributed by atoms with E-state index in [0.29, 0.717) is 23.8 Å². The molecule has 1 aliphatic rings. The van der Waals surface area contributed by atoms with Gasteiger partial charge in [0.05, 0.1) is 12.7 Å². The second kappa shape index (κ2) is 7.38. The molecule has 0 aliphatic heterocycles. The van der Waals surface area contributed by atoms with Gasteiger partial charge in [-0.25, -0.2) is 0 Å². The molecule has 0 fully saturated rings. The largest absolute Gasteiger partial charge is 0.496 e. The smallest absolute Gasteiger partial charge is 0.255 e. The summed E-state index contributed by atoms with van der Waals surface area (Å²) in [6.07, 6.45) is 3.11. The van der Waals surface area contributed by atoms with Crippen molar-refractivity contribution in [2.75, 3.05) is 13.7 Å². The van der Waals surface area contributed by atoms with Crippen molar-refractivity contribution in [3.63, 3.8) is 0 Å². The van der Waals surface area contributed by atoms with Gasteiger partial charge in [-0.15, -0.1) is 0 Å². The molecule has 0 heterocycles. The van der Waals surface area contributed by atoms with E-state index in [1.165, 1.54) is 24.3 Å². The van der Waals surface area contributed by atoms with Crippen LogP contribution in [0.15, 0.2) is 42.5 Å². The zero-order valence-corrected chi connectivity index (χ0v) is 14.2. The number of nitrogens with two attached hydrogens (primary N) is 1. The highest BCUT2D eigenvalue weighted by Gasteiger charge is 2.22. The minimum absolute atomic E-state index is 0.258. The van der Waals surface area contributed by atoms with Gasteiger partial charge in [-0.05, 0) is 54.5 Å². The molecule has 1 aliphatic carbocycles. The van der Waals surface area contributed by atoms with Crippen LogP contribution in [0.2, 0.25) is 0 Å². The maximum Gasteiger partial charge on any atom is 0.255 e. The van der Waals surface area contributed by atoms with Gasteiger partial charge in [0, 0.05) is 12.1 Å². The van der Waals surface area contributed by atoms with E-state index in [1.807, 2.05) is 0 Å². The second-order valence-electron chi connectivity index (χ2n) is 6.26. The molecule has 1 atom stereocenters. The van der Waals surface area contributed by atoms with Gasteiger partial charge in [0.25, 0.3) is 5.91 Å². The van der Waals surface area contributed by atoms with Crippen LogP contribution >= 0.6 is 0 Å². The molecule has 1 unspecified atom stereocenters. The van der Waals surface area contributed by atoms with Gasteiger partial charge in [-0.1, -0.05) is 24.3 Å². The molecule has 3 rings (SSSR count). The van der Waals surface area contributed by atoms with Gasteiger partial charge in [0.1, 0.15) is 5.75 Å². The van der Waals surface area contributed by atoms with Crippen LogP contribution in [0, 0.1) is 0 Å². The zero-order valence-electron chi connectivity index (χ0n) is 14.2. The summed E-state index contributed by atoms with van der Waals surface area (Å²) in [6.45, 7) is 0.571. The number of ether oxygens (including phenoxy) is 1. The number of hydrogen-bond acceptors (Lipinski definition) is 3. The first-order chi connectivity index (χ1) is 12.1. The van der Waals surface area contributed by atoms with Crippen molar-refractivity contribution >= 4 is 11.8 Å². The van der Waals surface area contributed by atoms with Crippen LogP contribution < -0.4 is 15.8 Å². The number of carbonyl (C=O) groups is 2. The Balaban J connectivity index is 1.63. The van der Waals surface area contributed by atoms with Crippen LogP contribution in [0.5, 0.6) is 5.75 Å². The quantitative estimate of drug-likeness (QED) is 0.849. The van der Waals surface area contributed by atoms with Crippen molar-refractivity contribution in [2.24, 2.45) is 5.73 Å². The zero-order chi connectivity index (χ0) is 17.8. The Bertz CT molecular complexity index is 801. The first-order valence-corrected chi connectivity index (χ1v) is 8.44. The van der Waals surface area contributed by atoms with Crippen LogP contribution in [0.4, 0.5) is 0 Å². The van der Waals surface area contributed by atoms with Crippen LogP contribution in [0.25, 0.3) is 0 Å². The summed E-state index contributed by atoms with van der Waals surface area (Å²) in [6, 6.07) is 13.1. The molecular weight excluding hydrogens is 316 g/mol. The van der Waals surface area contributed by atoms with Gasteiger partial charge in [0.15, 0.2) is 0 Å². The Kier molecular flexibility index (Phi) is 5.03. The number of rotatable bonds is 6. The topological polar surface area (TPSA) is 81.4 Å². The average Bonchev–Trinajstić information content (AvgIpc) is 3.04. The Morgan fingerprint density at radius 3 is 2.80 bits per heavy atom. The number of aryl methyl sites for hydroxylation is 1. The van der Waals surface area contributed by atoms with Crippen molar-refractivity contribution in [1.29, 1.82) is 0 Å². The molecular formula is C20H22N2O3. The lowest BCUT2D eigenvalue weighted by atomic mass is 9.98. The number of fused-ring (bicyclic) bond motifs is 1. The van der Waals surface area contributed by atoms with Gasteiger partial charge in [-0.2, -0.15) is 0 Å². The third-order valence-electron chi connectivity index (χ3n) is 4.76. The van der Waals surface area contributed by atoms with E-state index in [1.54, 1.807) is 12.1 Å². The number of methoxy groups -OCH3 is 1. The van der Waals surface area contributed by atoms with Crippen LogP contribution in [-0.2, 0) is 6.42 Å². The summed E-state index contributed by atoms with van der Waals surface area (Å²) in [5, 5.41) is 2.93. The summed E-state index contributed by atoms with van der Waals surface area (Å²) in [5.41, 5.74) is 8.71. The van der Waals surface area contributed by atoms with Crippen molar-refractivity contribution in [3.8, 4) is 5.75 Å². The van der Waals surface area contributed by atoms with E-state index in [9.17, 15) is 9.59 Å². The lowest BCUT2D eigenvalue weighted by molar-refractivity contribution is 0.0949. The molecule has 0 aromatic heterocycles. The minimum atomic E-state index is -0.570. The summed E-state index contributed by atoms with van der Waals surface area (Å²) >= 11 is 0. The summed E-state index contributed by atoms with van der Waals surface area (Å²) < 4.78 is 5.21. The van der Waals surface area contributed by atoms with E-state index in [2.05, 4.69) is 29.6 Å². The maximum absolute atomic E-state index is 12.5. The molecule has 5 nitrogen and oxygen atoms in total. The molecule has 3 N–H and O–H groups in total. The molecule has 5 heteroatoms. The molecule has 2 aromatic carbocycles. The fourth-order valence-electron chi connectivity index (χ4n) is 3.44. The standard InChI is InChI=1S/C20H22N2O3/c1-25-18-9-8-15(19(21)23)12-17(18)20(24)22-11-10-14-7-6-13-4-2-3-5-16(13)14/h2-5,8-9,12,14H,6-7,10-11H2,1H3,(H2,21,23)(H,22,24). The third-order valence-corrected chi connectivity index (χ3v) is 4.76. The van der Waals surface area contributed by atoms with Crippen molar-refractivity contribution < 1.29 is 14.3 Å². The first kappa shape index (κ1) is 17.0. The predicted octanol–water partition coefficient (Wildman–Crippen LogP) is 2.64. The van der Waals surface area contributed by atoms with E-state index >= 15 is 0 Å². The Morgan fingerprint density at radius 2 is 2.04 bits per heavy atom. The molecule has 0 saturated carbocycles. The average molecular weight is 338 g/mol. The number of carbonyl (C=O) groups excluding carboxylic acids is 2. The molecule has 0 radical (unpaired) electrons. The fraction of sp³-hybridized carbons (Fsp3) is 0.300. The number of nitrogens with one attached hydrogen (secondary N) is 1. The second-order valence-corrected chi connectivity index (χ2v) is 6.26. The third kappa shape index (κ3) is 3.65. The highest BCUT2D eigenvalue weighted by atomic mass is 16.5. The van der Waals surface area contributed by atoms with Crippen LogP contribution in [0.1, 0.15) is 50.6 Å². The number of benzene rings is 2. The number of amides is 2. The lowest BCUT2D eigenvalue weighted by Gasteiger charge is -2.13.